The van der Waals surface area contributed by atoms with Gasteiger partial charge in [-0.25, -0.2) is 0 Å². The highest BCUT2D eigenvalue weighted by Gasteiger charge is 2.14. The van der Waals surface area contributed by atoms with E-state index in [1.54, 1.807) is 0 Å². The van der Waals surface area contributed by atoms with Crippen molar-refractivity contribution in [3.63, 3.8) is 0 Å². The lowest BCUT2D eigenvalue weighted by Crippen LogP contribution is -2.33. The first-order valence-corrected chi connectivity index (χ1v) is 5.58. The highest BCUT2D eigenvalue weighted by Crippen LogP contribution is 2.32. The summed E-state index contributed by atoms with van der Waals surface area (Å²) in [7, 11) is 0. The third kappa shape index (κ3) is 2.88. The average molecular weight is 236 g/mol. The fraction of sp³-hybridized carbons (Fsp3) is 0.417. The molecule has 2 N–H and O–H groups in total. The number of fused-ring (bicyclic) bond motifs is 1. The molecule has 0 atom stereocenters. The number of benzene rings is 1. The van der Waals surface area contributed by atoms with Crippen LogP contribution in [0.25, 0.3) is 0 Å². The van der Waals surface area contributed by atoms with Crippen LogP contribution in [0.2, 0.25) is 0 Å². The lowest BCUT2D eigenvalue weighted by Gasteiger charge is -2.18. The standard InChI is InChI=1S/C12H16N2O3/c1-2-14(7-12(13)15)6-9-3-4-10-11(5-9)17-8-16-10/h3-5H,2,6-8H2,1H3,(H2,13,15). The molecule has 0 bridgehead atoms. The van der Waals surface area contributed by atoms with Crippen LogP contribution in [-0.2, 0) is 11.3 Å². The van der Waals surface area contributed by atoms with Gasteiger partial charge in [0.15, 0.2) is 11.5 Å². The molecule has 0 unspecified atom stereocenters. The van der Waals surface area contributed by atoms with Crippen molar-refractivity contribution in [2.24, 2.45) is 5.73 Å². The van der Waals surface area contributed by atoms with Crippen molar-refractivity contribution in [1.29, 1.82) is 0 Å². The van der Waals surface area contributed by atoms with Crippen molar-refractivity contribution >= 4 is 5.91 Å². The maximum atomic E-state index is 10.9. The lowest BCUT2D eigenvalue weighted by molar-refractivity contribution is -0.119. The number of primary amides is 1. The van der Waals surface area contributed by atoms with Crippen molar-refractivity contribution in [3.8, 4) is 11.5 Å². The Hall–Kier alpha value is -1.75. The van der Waals surface area contributed by atoms with Gasteiger partial charge in [-0.15, -0.1) is 0 Å². The number of nitrogens with two attached hydrogens (primary N) is 1. The van der Waals surface area contributed by atoms with Gasteiger partial charge >= 0.3 is 0 Å². The fourth-order valence-corrected chi connectivity index (χ4v) is 1.80. The number of hydrogen-bond acceptors (Lipinski definition) is 4. The third-order valence-corrected chi connectivity index (χ3v) is 2.67. The SMILES string of the molecule is CCN(CC(N)=O)Cc1ccc2c(c1)OCO2. The van der Waals surface area contributed by atoms with Gasteiger partial charge in [0.25, 0.3) is 0 Å². The number of amides is 1. The number of carbonyl (C=O) groups is 1. The molecule has 0 saturated heterocycles. The van der Waals surface area contributed by atoms with Crippen LogP contribution in [0.5, 0.6) is 11.5 Å². The zero-order valence-corrected chi connectivity index (χ0v) is 9.81. The van der Waals surface area contributed by atoms with E-state index in [4.69, 9.17) is 15.2 Å². The summed E-state index contributed by atoms with van der Waals surface area (Å²) in [6.07, 6.45) is 0. The maximum Gasteiger partial charge on any atom is 0.231 e. The smallest absolute Gasteiger partial charge is 0.231 e. The molecular formula is C12H16N2O3. The van der Waals surface area contributed by atoms with Crippen LogP contribution in [0.4, 0.5) is 0 Å². The zero-order valence-electron chi connectivity index (χ0n) is 9.81. The van der Waals surface area contributed by atoms with Gasteiger partial charge in [-0.05, 0) is 24.2 Å². The molecule has 1 aromatic carbocycles. The average Bonchev–Trinajstić information content (AvgIpc) is 2.74. The van der Waals surface area contributed by atoms with E-state index in [2.05, 4.69) is 0 Å². The van der Waals surface area contributed by atoms with E-state index in [9.17, 15) is 4.79 Å². The van der Waals surface area contributed by atoms with Gasteiger partial charge in [-0.1, -0.05) is 13.0 Å². The second kappa shape index (κ2) is 5.05. The summed E-state index contributed by atoms with van der Waals surface area (Å²) in [4.78, 5) is 12.9. The molecule has 0 spiro atoms. The minimum absolute atomic E-state index is 0.269. The second-order valence-corrected chi connectivity index (χ2v) is 3.96. The minimum Gasteiger partial charge on any atom is -0.454 e. The van der Waals surface area contributed by atoms with E-state index >= 15 is 0 Å². The first kappa shape index (κ1) is 11.7. The quantitative estimate of drug-likeness (QED) is 0.818. The number of rotatable bonds is 5. The molecule has 5 heteroatoms. The summed E-state index contributed by atoms with van der Waals surface area (Å²) >= 11 is 0. The summed E-state index contributed by atoms with van der Waals surface area (Å²) in [5, 5.41) is 0. The zero-order chi connectivity index (χ0) is 12.3. The van der Waals surface area contributed by atoms with Crippen LogP contribution in [0.15, 0.2) is 18.2 Å². The van der Waals surface area contributed by atoms with Crippen molar-refractivity contribution in [3.05, 3.63) is 23.8 Å². The van der Waals surface area contributed by atoms with Crippen LogP contribution in [-0.4, -0.2) is 30.7 Å². The molecule has 92 valence electrons. The number of ether oxygens (including phenoxy) is 2. The van der Waals surface area contributed by atoms with Crippen LogP contribution < -0.4 is 15.2 Å². The van der Waals surface area contributed by atoms with Crippen molar-refractivity contribution in [2.75, 3.05) is 19.9 Å². The van der Waals surface area contributed by atoms with Gasteiger partial charge in [0, 0.05) is 6.54 Å². The van der Waals surface area contributed by atoms with Gasteiger partial charge < -0.3 is 15.2 Å². The Kier molecular flexibility index (Phi) is 3.49. The Labute approximate surface area is 100 Å². The molecule has 1 aliphatic rings. The van der Waals surface area contributed by atoms with E-state index in [-0.39, 0.29) is 19.2 Å². The van der Waals surface area contributed by atoms with Crippen LogP contribution in [0.1, 0.15) is 12.5 Å². The molecule has 1 aliphatic heterocycles. The van der Waals surface area contributed by atoms with E-state index in [0.717, 1.165) is 23.6 Å². The predicted molar refractivity (Wildman–Crippen MR) is 62.7 cm³/mol. The summed E-state index contributed by atoms with van der Waals surface area (Å²) in [6.45, 7) is 3.99. The van der Waals surface area contributed by atoms with E-state index in [1.807, 2.05) is 30.0 Å². The number of carbonyl (C=O) groups excluding carboxylic acids is 1. The molecule has 0 aliphatic carbocycles. The topological polar surface area (TPSA) is 64.8 Å². The van der Waals surface area contributed by atoms with Gasteiger partial charge in [0.1, 0.15) is 0 Å². The molecule has 1 heterocycles. The summed E-state index contributed by atoms with van der Waals surface area (Å²) in [5.74, 6) is 1.22. The van der Waals surface area contributed by atoms with E-state index in [0.29, 0.717) is 6.54 Å². The predicted octanol–water partition coefficient (Wildman–Crippen LogP) is 0.722. The number of likely N-dealkylation sites (N-methyl/N-ethyl adjacent to an activating group) is 1. The summed E-state index contributed by atoms with van der Waals surface area (Å²) in [5.41, 5.74) is 6.27. The Morgan fingerprint density at radius 3 is 2.88 bits per heavy atom. The Morgan fingerprint density at radius 1 is 1.41 bits per heavy atom. The lowest BCUT2D eigenvalue weighted by atomic mass is 10.2. The monoisotopic (exact) mass is 236 g/mol. The molecule has 1 aromatic rings. The Balaban J connectivity index is 2.04. The minimum atomic E-state index is -0.312. The maximum absolute atomic E-state index is 10.9. The number of hydrogen-bond donors (Lipinski definition) is 1. The van der Waals surface area contributed by atoms with Crippen molar-refractivity contribution in [2.45, 2.75) is 13.5 Å². The summed E-state index contributed by atoms with van der Waals surface area (Å²) < 4.78 is 10.5. The Morgan fingerprint density at radius 2 is 2.18 bits per heavy atom. The first-order chi connectivity index (χ1) is 8.19. The molecule has 17 heavy (non-hydrogen) atoms. The highest BCUT2D eigenvalue weighted by molar-refractivity contribution is 5.75. The van der Waals surface area contributed by atoms with Crippen LogP contribution in [0.3, 0.4) is 0 Å². The van der Waals surface area contributed by atoms with Gasteiger partial charge in [0.2, 0.25) is 12.7 Å². The number of nitrogens with zero attached hydrogens (tertiary/aromatic N) is 1. The molecule has 0 radical (unpaired) electrons. The van der Waals surface area contributed by atoms with Crippen LogP contribution in [0, 0.1) is 0 Å². The summed E-state index contributed by atoms with van der Waals surface area (Å²) in [6, 6.07) is 5.79. The molecule has 1 amide bonds. The second-order valence-electron chi connectivity index (χ2n) is 3.96. The third-order valence-electron chi connectivity index (χ3n) is 2.67. The molecule has 0 fully saturated rings. The molecular weight excluding hydrogens is 220 g/mol. The first-order valence-electron chi connectivity index (χ1n) is 5.58. The highest BCUT2D eigenvalue weighted by atomic mass is 16.7. The van der Waals surface area contributed by atoms with Gasteiger partial charge in [-0.2, -0.15) is 0 Å². The molecule has 5 nitrogen and oxygen atoms in total. The normalized spacial score (nSPS) is 13.1. The van der Waals surface area contributed by atoms with E-state index < -0.39 is 0 Å². The molecule has 2 rings (SSSR count). The van der Waals surface area contributed by atoms with Crippen LogP contribution >= 0.6 is 0 Å². The van der Waals surface area contributed by atoms with Gasteiger partial charge in [0.05, 0.1) is 6.54 Å². The van der Waals surface area contributed by atoms with Crippen molar-refractivity contribution in [1.82, 2.24) is 4.90 Å². The van der Waals surface area contributed by atoms with Crippen molar-refractivity contribution < 1.29 is 14.3 Å². The molecule has 0 aromatic heterocycles. The van der Waals surface area contributed by atoms with Gasteiger partial charge in [-0.3, -0.25) is 9.69 Å². The largest absolute Gasteiger partial charge is 0.454 e. The fourth-order valence-electron chi connectivity index (χ4n) is 1.80. The van der Waals surface area contributed by atoms with E-state index in [1.165, 1.54) is 0 Å². The Bertz CT molecular complexity index is 420. The molecule has 0 saturated carbocycles.